The zero-order chi connectivity index (χ0) is 19.5. The number of rotatable bonds is 5. The zero-order valence-electron chi connectivity index (χ0n) is 15.3. The van der Waals surface area contributed by atoms with Gasteiger partial charge < -0.3 is 4.90 Å². The van der Waals surface area contributed by atoms with Crippen LogP contribution in [0.5, 0.6) is 0 Å². The van der Waals surface area contributed by atoms with Gasteiger partial charge in [0.1, 0.15) is 0 Å². The lowest BCUT2D eigenvalue weighted by Crippen LogP contribution is -2.33. The highest BCUT2D eigenvalue weighted by molar-refractivity contribution is 8.18. The van der Waals surface area contributed by atoms with Gasteiger partial charge in [-0.2, -0.15) is 0 Å². The van der Waals surface area contributed by atoms with Crippen LogP contribution in [0, 0.1) is 0 Å². The highest BCUT2D eigenvalue weighted by atomic mass is 32.2. The van der Waals surface area contributed by atoms with Gasteiger partial charge in [0.15, 0.2) is 5.78 Å². The second-order valence-electron chi connectivity index (χ2n) is 6.84. The third-order valence-electron chi connectivity index (χ3n) is 4.93. The van der Waals surface area contributed by atoms with Gasteiger partial charge in [0.25, 0.3) is 11.1 Å². The van der Waals surface area contributed by atoms with Crippen molar-refractivity contribution in [2.75, 3.05) is 24.5 Å². The Kier molecular flexibility index (Phi) is 5.30. The van der Waals surface area contributed by atoms with Crippen LogP contribution in [0.1, 0.15) is 28.8 Å². The van der Waals surface area contributed by atoms with E-state index in [2.05, 4.69) is 4.90 Å². The summed E-state index contributed by atoms with van der Waals surface area (Å²) >= 11 is 0.879. The molecule has 0 spiro atoms. The molecule has 28 heavy (non-hydrogen) atoms. The predicted octanol–water partition coefficient (Wildman–Crippen LogP) is 4.21. The summed E-state index contributed by atoms with van der Waals surface area (Å²) in [4.78, 5) is 40.9. The summed E-state index contributed by atoms with van der Waals surface area (Å²) in [6.45, 7) is 1.92. The molecule has 2 aliphatic heterocycles. The number of hydrogen-bond acceptors (Lipinski definition) is 5. The topological polar surface area (TPSA) is 57.7 Å². The van der Waals surface area contributed by atoms with Gasteiger partial charge in [0, 0.05) is 24.3 Å². The molecule has 0 atom stereocenters. The number of carbonyl (C=O) groups is 3. The Morgan fingerprint density at radius 3 is 2.32 bits per heavy atom. The molecule has 0 unspecified atom stereocenters. The zero-order valence-corrected chi connectivity index (χ0v) is 16.2. The van der Waals surface area contributed by atoms with Crippen LogP contribution in [0.2, 0.25) is 0 Å². The van der Waals surface area contributed by atoms with Gasteiger partial charge in [-0.05, 0) is 48.4 Å². The smallest absolute Gasteiger partial charge is 0.293 e. The van der Waals surface area contributed by atoms with E-state index in [1.165, 1.54) is 18.5 Å². The van der Waals surface area contributed by atoms with E-state index in [0.29, 0.717) is 10.5 Å². The van der Waals surface area contributed by atoms with Gasteiger partial charge in [-0.1, -0.05) is 42.5 Å². The summed E-state index contributed by atoms with van der Waals surface area (Å²) in [5, 5.41) is -0.408. The number of thioether (sulfide) groups is 1. The van der Waals surface area contributed by atoms with Crippen molar-refractivity contribution in [3.05, 3.63) is 70.6 Å². The molecule has 2 heterocycles. The maximum Gasteiger partial charge on any atom is 0.293 e. The molecule has 4 rings (SSSR count). The molecule has 0 saturated carbocycles. The van der Waals surface area contributed by atoms with Crippen molar-refractivity contribution in [3.63, 3.8) is 0 Å². The van der Waals surface area contributed by atoms with Crippen molar-refractivity contribution in [2.24, 2.45) is 0 Å². The second kappa shape index (κ2) is 8.02. The molecule has 6 heteroatoms. The Morgan fingerprint density at radius 2 is 1.64 bits per heavy atom. The minimum atomic E-state index is -0.414. The van der Waals surface area contributed by atoms with Crippen molar-refractivity contribution in [1.29, 1.82) is 0 Å². The van der Waals surface area contributed by atoms with Crippen LogP contribution >= 0.6 is 11.8 Å². The molecule has 0 N–H and O–H groups in total. The van der Waals surface area contributed by atoms with Crippen LogP contribution in [0.3, 0.4) is 0 Å². The first-order valence-corrected chi connectivity index (χ1v) is 10.1. The van der Waals surface area contributed by atoms with E-state index < -0.39 is 11.1 Å². The van der Waals surface area contributed by atoms with E-state index >= 15 is 0 Å². The van der Waals surface area contributed by atoms with Crippen molar-refractivity contribution in [2.45, 2.75) is 12.8 Å². The van der Waals surface area contributed by atoms with Crippen LogP contribution in [-0.4, -0.2) is 41.5 Å². The first kappa shape index (κ1) is 18.5. The van der Waals surface area contributed by atoms with Gasteiger partial charge in [-0.15, -0.1) is 0 Å². The number of amides is 2. The highest BCUT2D eigenvalue weighted by Gasteiger charge is 2.36. The van der Waals surface area contributed by atoms with Crippen LogP contribution in [0.4, 0.5) is 10.5 Å². The van der Waals surface area contributed by atoms with Gasteiger partial charge in [-0.3, -0.25) is 19.3 Å². The fraction of sp³-hybridized carbons (Fsp3) is 0.227. The van der Waals surface area contributed by atoms with E-state index in [4.69, 9.17) is 0 Å². The van der Waals surface area contributed by atoms with E-state index in [-0.39, 0.29) is 12.3 Å². The van der Waals surface area contributed by atoms with E-state index in [9.17, 15) is 14.4 Å². The molecule has 2 saturated heterocycles. The third kappa shape index (κ3) is 3.87. The number of imide groups is 1. The minimum absolute atomic E-state index is 0.236. The Bertz CT molecular complexity index is 932. The molecule has 0 radical (unpaired) electrons. The van der Waals surface area contributed by atoms with E-state index in [0.717, 1.165) is 35.3 Å². The highest BCUT2D eigenvalue weighted by Crippen LogP contribution is 2.32. The fourth-order valence-electron chi connectivity index (χ4n) is 3.40. The van der Waals surface area contributed by atoms with Gasteiger partial charge in [-0.25, -0.2) is 0 Å². The maximum atomic E-state index is 12.6. The molecule has 0 aromatic heterocycles. The lowest BCUT2D eigenvalue weighted by Gasteiger charge is -2.17. The summed E-state index contributed by atoms with van der Waals surface area (Å²) in [5.41, 5.74) is 2.53. The Labute approximate surface area is 168 Å². The lowest BCUT2D eigenvalue weighted by atomic mass is 10.1. The van der Waals surface area contributed by atoms with Crippen LogP contribution in [0.15, 0.2) is 59.5 Å². The summed E-state index contributed by atoms with van der Waals surface area (Å²) in [6, 6.07) is 16.7. The van der Waals surface area contributed by atoms with E-state index in [1.807, 2.05) is 30.3 Å². The predicted molar refractivity (Wildman–Crippen MR) is 111 cm³/mol. The third-order valence-corrected chi connectivity index (χ3v) is 5.84. The average Bonchev–Trinajstić information content (AvgIpc) is 3.34. The minimum Gasteiger partial charge on any atom is -0.372 e. The number of Topliss-reactive ketones (excluding diaryl/α,β-unsaturated/α-hetero) is 1. The van der Waals surface area contributed by atoms with Crippen molar-refractivity contribution in [1.82, 2.24) is 4.90 Å². The summed E-state index contributed by atoms with van der Waals surface area (Å²) in [6.07, 6.45) is 4.15. The fourth-order valence-corrected chi connectivity index (χ4v) is 4.24. The molecule has 2 aliphatic rings. The molecule has 5 nitrogen and oxygen atoms in total. The monoisotopic (exact) mass is 392 g/mol. The quantitative estimate of drug-likeness (QED) is 0.564. The average molecular weight is 392 g/mol. The normalized spacial score (nSPS) is 18.4. The van der Waals surface area contributed by atoms with Crippen LogP contribution in [0.25, 0.3) is 6.08 Å². The molecule has 2 fully saturated rings. The number of hydrogen-bond donors (Lipinski definition) is 0. The molecular weight excluding hydrogens is 372 g/mol. The summed E-state index contributed by atoms with van der Waals surface area (Å²) in [7, 11) is 0. The lowest BCUT2D eigenvalue weighted by molar-refractivity contribution is -0.122. The number of nitrogens with zero attached hydrogens (tertiary/aromatic N) is 2. The number of anilines is 1. The number of benzene rings is 2. The summed E-state index contributed by atoms with van der Waals surface area (Å²) < 4.78 is 0. The molecule has 2 aromatic carbocycles. The van der Waals surface area contributed by atoms with Crippen molar-refractivity contribution >= 4 is 40.5 Å². The van der Waals surface area contributed by atoms with Crippen molar-refractivity contribution in [3.8, 4) is 0 Å². The van der Waals surface area contributed by atoms with Gasteiger partial charge in [0.05, 0.1) is 11.4 Å². The summed E-state index contributed by atoms with van der Waals surface area (Å²) in [5.74, 6) is -0.665. The largest absolute Gasteiger partial charge is 0.372 e. The SMILES string of the molecule is O=C(CN1C(=O)S/C(=C\c2ccc(N3CCCC3)cc2)C1=O)c1ccccc1. The Morgan fingerprint density at radius 1 is 0.964 bits per heavy atom. The molecule has 2 aromatic rings. The van der Waals surface area contributed by atoms with Crippen LogP contribution < -0.4 is 4.90 Å². The molecular formula is C22H20N2O3S. The standard InChI is InChI=1S/C22H20N2O3S/c25-19(17-6-2-1-3-7-17)15-24-21(26)20(28-22(24)27)14-16-8-10-18(11-9-16)23-12-4-5-13-23/h1-3,6-11,14H,4-5,12-13,15H2/b20-14-. The van der Waals surface area contributed by atoms with E-state index in [1.54, 1.807) is 30.3 Å². The van der Waals surface area contributed by atoms with Crippen LogP contribution in [-0.2, 0) is 4.79 Å². The number of carbonyl (C=O) groups excluding carboxylic acids is 3. The number of ketones is 1. The maximum absolute atomic E-state index is 12.6. The molecule has 2 amide bonds. The molecule has 0 aliphatic carbocycles. The first-order chi connectivity index (χ1) is 13.6. The molecule has 142 valence electrons. The van der Waals surface area contributed by atoms with Gasteiger partial charge in [0.2, 0.25) is 0 Å². The Balaban J connectivity index is 1.46. The Hall–Kier alpha value is -2.86. The molecule has 0 bridgehead atoms. The van der Waals surface area contributed by atoms with Crippen molar-refractivity contribution < 1.29 is 14.4 Å². The van der Waals surface area contributed by atoms with Gasteiger partial charge >= 0.3 is 0 Å². The second-order valence-corrected chi connectivity index (χ2v) is 7.84. The first-order valence-electron chi connectivity index (χ1n) is 9.30.